The molecule has 0 bridgehead atoms. The van der Waals surface area contributed by atoms with Crippen molar-refractivity contribution in [1.29, 1.82) is 0 Å². The minimum Gasteiger partial charge on any atom is -0.347 e. The molecule has 4 nitrogen and oxygen atoms in total. The zero-order valence-electron chi connectivity index (χ0n) is 11.4. The lowest BCUT2D eigenvalue weighted by molar-refractivity contribution is 0.0865. The van der Waals surface area contributed by atoms with Crippen LogP contribution in [-0.4, -0.2) is 21.9 Å². The number of carbonyl (C=O) groups is 1. The summed E-state index contributed by atoms with van der Waals surface area (Å²) in [6, 6.07) is 0.175. The maximum atomic E-state index is 12.1. The van der Waals surface area contributed by atoms with Gasteiger partial charge < -0.3 is 10.3 Å². The summed E-state index contributed by atoms with van der Waals surface area (Å²) in [6.45, 7) is 6.70. The van der Waals surface area contributed by atoms with Crippen LogP contribution in [-0.2, 0) is 0 Å². The average molecular weight is 304 g/mol. The van der Waals surface area contributed by atoms with E-state index in [1.165, 1.54) is 6.42 Å². The molecule has 1 aromatic rings. The zero-order chi connectivity index (χ0) is 14.2. The first kappa shape index (κ1) is 14.7. The maximum absolute atomic E-state index is 12.1. The van der Waals surface area contributed by atoms with E-state index in [-0.39, 0.29) is 33.5 Å². The van der Waals surface area contributed by atoms with Gasteiger partial charge in [-0.2, -0.15) is 0 Å². The van der Waals surface area contributed by atoms with Gasteiger partial charge in [-0.1, -0.05) is 44.0 Å². The van der Waals surface area contributed by atoms with Crippen LogP contribution in [0.5, 0.6) is 0 Å². The van der Waals surface area contributed by atoms with Crippen molar-refractivity contribution in [3.05, 3.63) is 16.1 Å². The van der Waals surface area contributed by atoms with Gasteiger partial charge >= 0.3 is 0 Å². The number of imidazole rings is 1. The normalized spacial score (nSPS) is 26.2. The monoisotopic (exact) mass is 303 g/mol. The summed E-state index contributed by atoms with van der Waals surface area (Å²) in [6.07, 6.45) is 3.17. The van der Waals surface area contributed by atoms with E-state index >= 15 is 0 Å². The number of amides is 1. The van der Waals surface area contributed by atoms with Gasteiger partial charge in [0.25, 0.3) is 5.91 Å². The lowest BCUT2D eigenvalue weighted by Gasteiger charge is -2.39. The fourth-order valence-corrected chi connectivity index (χ4v) is 3.41. The predicted molar refractivity (Wildman–Crippen MR) is 76.7 cm³/mol. The SMILES string of the molecule is C[C@@H]1C[C@H](NC(=O)c2nc(Cl)c(Cl)[nH]2)CC(C)(C)C1. The summed E-state index contributed by atoms with van der Waals surface area (Å²) < 4.78 is 0. The van der Waals surface area contributed by atoms with E-state index in [4.69, 9.17) is 23.2 Å². The van der Waals surface area contributed by atoms with E-state index < -0.39 is 0 Å². The molecule has 0 radical (unpaired) electrons. The number of rotatable bonds is 2. The molecule has 1 aliphatic carbocycles. The molecule has 6 heteroatoms. The van der Waals surface area contributed by atoms with Crippen LogP contribution in [0.25, 0.3) is 0 Å². The van der Waals surface area contributed by atoms with Gasteiger partial charge in [0, 0.05) is 6.04 Å². The largest absolute Gasteiger partial charge is 0.347 e. The van der Waals surface area contributed by atoms with Crippen molar-refractivity contribution in [2.75, 3.05) is 0 Å². The van der Waals surface area contributed by atoms with Crippen molar-refractivity contribution in [2.45, 2.75) is 46.1 Å². The molecule has 0 aromatic carbocycles. The maximum Gasteiger partial charge on any atom is 0.287 e. The number of carbonyl (C=O) groups excluding carboxylic acids is 1. The van der Waals surface area contributed by atoms with Gasteiger partial charge in [0.15, 0.2) is 11.0 Å². The molecule has 106 valence electrons. The van der Waals surface area contributed by atoms with Gasteiger partial charge in [0.05, 0.1) is 0 Å². The van der Waals surface area contributed by atoms with Crippen molar-refractivity contribution in [3.63, 3.8) is 0 Å². The van der Waals surface area contributed by atoms with E-state index in [2.05, 4.69) is 36.1 Å². The first-order chi connectivity index (χ1) is 8.77. The van der Waals surface area contributed by atoms with Crippen LogP contribution < -0.4 is 5.32 Å². The summed E-state index contributed by atoms with van der Waals surface area (Å²) in [7, 11) is 0. The van der Waals surface area contributed by atoms with Crippen molar-refractivity contribution in [3.8, 4) is 0 Å². The number of hydrogen-bond acceptors (Lipinski definition) is 2. The number of nitrogens with one attached hydrogen (secondary N) is 2. The molecular formula is C13H19Cl2N3O. The Balaban J connectivity index is 2.02. The summed E-state index contributed by atoms with van der Waals surface area (Å²) in [5.41, 5.74) is 0.258. The Kier molecular flexibility index (Phi) is 4.11. The first-order valence-electron chi connectivity index (χ1n) is 6.49. The van der Waals surface area contributed by atoms with Crippen LogP contribution in [0.4, 0.5) is 0 Å². The molecule has 1 amide bonds. The smallest absolute Gasteiger partial charge is 0.287 e. The fourth-order valence-electron chi connectivity index (χ4n) is 3.15. The van der Waals surface area contributed by atoms with Gasteiger partial charge in [-0.25, -0.2) is 4.98 Å². The van der Waals surface area contributed by atoms with E-state index in [0.717, 1.165) is 12.8 Å². The van der Waals surface area contributed by atoms with Gasteiger partial charge in [0.2, 0.25) is 0 Å². The fraction of sp³-hybridized carbons (Fsp3) is 0.692. The molecule has 2 rings (SSSR count). The van der Waals surface area contributed by atoms with Crippen molar-refractivity contribution in [2.24, 2.45) is 11.3 Å². The van der Waals surface area contributed by atoms with Crippen molar-refractivity contribution in [1.82, 2.24) is 15.3 Å². The lowest BCUT2D eigenvalue weighted by Crippen LogP contribution is -2.43. The quantitative estimate of drug-likeness (QED) is 0.876. The molecule has 0 unspecified atom stereocenters. The average Bonchev–Trinajstić information content (AvgIpc) is 2.56. The molecule has 2 N–H and O–H groups in total. The van der Waals surface area contributed by atoms with E-state index in [1.54, 1.807) is 0 Å². The van der Waals surface area contributed by atoms with Crippen LogP contribution in [0.15, 0.2) is 0 Å². The predicted octanol–water partition coefficient (Wildman–Crippen LogP) is 3.66. The second kappa shape index (κ2) is 5.33. The Morgan fingerprint density at radius 2 is 2.11 bits per heavy atom. The second-order valence-corrected chi connectivity index (χ2v) is 7.01. The number of hydrogen-bond donors (Lipinski definition) is 2. The van der Waals surface area contributed by atoms with Gasteiger partial charge in [-0.05, 0) is 30.6 Å². The summed E-state index contributed by atoms with van der Waals surface area (Å²) in [5, 5.41) is 3.34. The molecule has 1 heterocycles. The first-order valence-corrected chi connectivity index (χ1v) is 7.24. The second-order valence-electron chi connectivity index (χ2n) is 6.27. The standard InChI is InChI=1S/C13H19Cl2N3O/c1-7-4-8(6-13(2,3)5-7)16-12(19)11-17-9(14)10(15)18-11/h7-8H,4-6H2,1-3H3,(H,16,19)(H,17,18)/t7-,8+/m1/s1. The molecular weight excluding hydrogens is 285 g/mol. The number of nitrogens with zero attached hydrogens (tertiary/aromatic N) is 1. The molecule has 1 aliphatic rings. The summed E-state index contributed by atoms with van der Waals surface area (Å²) in [5.74, 6) is 0.535. The van der Waals surface area contributed by atoms with Crippen molar-refractivity contribution < 1.29 is 4.79 Å². The number of halogens is 2. The van der Waals surface area contributed by atoms with Crippen LogP contribution in [0, 0.1) is 11.3 Å². The zero-order valence-corrected chi connectivity index (χ0v) is 12.9. The van der Waals surface area contributed by atoms with E-state index in [1.807, 2.05) is 0 Å². The molecule has 1 fully saturated rings. The molecule has 0 spiro atoms. The van der Waals surface area contributed by atoms with Crippen LogP contribution in [0.2, 0.25) is 10.3 Å². The number of aromatic amines is 1. The minimum atomic E-state index is -0.247. The molecule has 0 aliphatic heterocycles. The molecule has 1 saturated carbocycles. The Bertz CT molecular complexity index is 465. The third-order valence-corrected chi connectivity index (χ3v) is 4.20. The highest BCUT2D eigenvalue weighted by atomic mass is 35.5. The Morgan fingerprint density at radius 3 is 2.63 bits per heavy atom. The van der Waals surface area contributed by atoms with Gasteiger partial charge in [0.1, 0.15) is 5.15 Å². The van der Waals surface area contributed by atoms with Crippen LogP contribution in [0.3, 0.4) is 0 Å². The minimum absolute atomic E-state index is 0.129. The number of H-pyrrole nitrogens is 1. The molecule has 19 heavy (non-hydrogen) atoms. The Hall–Kier alpha value is -0.740. The van der Waals surface area contributed by atoms with Gasteiger partial charge in [-0.3, -0.25) is 4.79 Å². The third-order valence-electron chi connectivity index (χ3n) is 3.56. The lowest BCUT2D eigenvalue weighted by atomic mass is 9.70. The molecule has 1 aromatic heterocycles. The molecule has 0 saturated heterocycles. The number of aromatic nitrogens is 2. The third kappa shape index (κ3) is 3.63. The van der Waals surface area contributed by atoms with Crippen LogP contribution in [0.1, 0.15) is 50.7 Å². The van der Waals surface area contributed by atoms with Crippen LogP contribution >= 0.6 is 23.2 Å². The summed E-state index contributed by atoms with van der Waals surface area (Å²) in [4.78, 5) is 18.6. The molecule has 2 atom stereocenters. The highest BCUT2D eigenvalue weighted by Gasteiger charge is 2.33. The highest BCUT2D eigenvalue weighted by molar-refractivity contribution is 6.40. The highest BCUT2D eigenvalue weighted by Crippen LogP contribution is 2.38. The Morgan fingerprint density at radius 1 is 1.42 bits per heavy atom. The Labute approximate surface area is 123 Å². The van der Waals surface area contributed by atoms with E-state index in [9.17, 15) is 4.79 Å². The topological polar surface area (TPSA) is 57.8 Å². The van der Waals surface area contributed by atoms with Gasteiger partial charge in [-0.15, -0.1) is 0 Å². The van der Waals surface area contributed by atoms with Crippen molar-refractivity contribution >= 4 is 29.1 Å². The summed E-state index contributed by atoms with van der Waals surface area (Å²) >= 11 is 11.5. The van der Waals surface area contributed by atoms with E-state index in [0.29, 0.717) is 5.92 Å².